The molecular formula is C27H29FN4O2. The summed E-state index contributed by atoms with van der Waals surface area (Å²) in [4.78, 5) is 16.1. The van der Waals surface area contributed by atoms with Crippen molar-refractivity contribution < 1.29 is 13.9 Å². The third kappa shape index (κ3) is 4.55. The maximum Gasteiger partial charge on any atom is 0.251 e. The predicted octanol–water partition coefficient (Wildman–Crippen LogP) is 4.88. The minimum absolute atomic E-state index is 0.0107. The van der Waals surface area contributed by atoms with Crippen molar-refractivity contribution in [3.8, 4) is 5.75 Å². The number of hydrazone groups is 1. The molecule has 6 nitrogen and oxygen atoms in total. The molecule has 0 aliphatic carbocycles. The lowest BCUT2D eigenvalue weighted by atomic mass is 9.93. The number of nitrogens with zero attached hydrogens (tertiary/aromatic N) is 3. The number of allylic oxidation sites excluding steroid dienone is 2. The van der Waals surface area contributed by atoms with Gasteiger partial charge in [0, 0.05) is 30.9 Å². The van der Waals surface area contributed by atoms with Gasteiger partial charge in [-0.05, 0) is 55.2 Å². The third-order valence-electron chi connectivity index (χ3n) is 6.69. The molecule has 2 aromatic rings. The van der Waals surface area contributed by atoms with Crippen molar-refractivity contribution >= 4 is 17.3 Å². The fraction of sp³-hybridized carbons (Fsp3) is 0.333. The second kappa shape index (κ2) is 9.71. The average Bonchev–Trinajstić information content (AvgIpc) is 3.31. The Hall–Kier alpha value is -3.61. The summed E-state index contributed by atoms with van der Waals surface area (Å²) in [6.45, 7) is 0.664. The van der Waals surface area contributed by atoms with Crippen molar-refractivity contribution in [1.29, 1.82) is 0 Å². The summed E-state index contributed by atoms with van der Waals surface area (Å²) in [5.74, 6) is 0.437. The molecule has 1 amide bonds. The molecule has 2 aromatic carbocycles. The number of rotatable bonds is 6. The molecule has 3 unspecified atom stereocenters. The maximum absolute atomic E-state index is 14.1. The number of fused-ring (bicyclic) bond motifs is 1. The molecule has 1 fully saturated rings. The number of halogens is 1. The van der Waals surface area contributed by atoms with Crippen LogP contribution in [0.4, 0.5) is 10.1 Å². The summed E-state index contributed by atoms with van der Waals surface area (Å²) in [5.41, 5.74) is 2.57. The quantitative estimate of drug-likeness (QED) is 0.668. The lowest BCUT2D eigenvalue weighted by Gasteiger charge is -2.38. The van der Waals surface area contributed by atoms with Crippen molar-refractivity contribution in [1.82, 2.24) is 9.91 Å². The lowest BCUT2D eigenvalue weighted by Crippen LogP contribution is -2.50. The van der Waals surface area contributed by atoms with Gasteiger partial charge < -0.3 is 15.0 Å². The monoisotopic (exact) mass is 460 g/mol. The summed E-state index contributed by atoms with van der Waals surface area (Å²) < 4.78 is 18.9. The van der Waals surface area contributed by atoms with Crippen LogP contribution in [0, 0.1) is 5.82 Å². The van der Waals surface area contributed by atoms with E-state index in [1.165, 1.54) is 12.1 Å². The first kappa shape index (κ1) is 22.2. The van der Waals surface area contributed by atoms with E-state index in [4.69, 9.17) is 9.84 Å². The number of carbonyl (C=O) groups is 1. The molecule has 0 spiro atoms. The number of anilines is 1. The summed E-state index contributed by atoms with van der Waals surface area (Å²) in [6, 6.07) is 13.5. The van der Waals surface area contributed by atoms with Crippen molar-refractivity contribution in [2.75, 3.05) is 19.0 Å². The first-order chi connectivity index (χ1) is 16.6. The number of piperidine rings is 1. The Kier molecular flexibility index (Phi) is 6.34. The zero-order chi connectivity index (χ0) is 23.5. The topological polar surface area (TPSA) is 57.2 Å². The molecule has 5 rings (SSSR count). The average molecular weight is 461 g/mol. The van der Waals surface area contributed by atoms with E-state index in [1.54, 1.807) is 19.2 Å². The molecule has 0 bridgehead atoms. The molecule has 34 heavy (non-hydrogen) atoms. The Labute approximate surface area is 199 Å². The second-order valence-electron chi connectivity index (χ2n) is 8.87. The molecule has 3 heterocycles. The number of amides is 1. The van der Waals surface area contributed by atoms with E-state index in [0.29, 0.717) is 13.0 Å². The SMILES string of the molecule is COc1cccc(NC(C(=O)N2CCCCC2c2ccc(F)cc2)C2=NN3C=CC=CC3C2)c1. The van der Waals surface area contributed by atoms with Gasteiger partial charge in [0.2, 0.25) is 0 Å². The van der Waals surface area contributed by atoms with Gasteiger partial charge in [-0.15, -0.1) is 0 Å². The van der Waals surface area contributed by atoms with E-state index in [0.717, 1.165) is 42.0 Å². The molecular weight excluding hydrogens is 431 g/mol. The van der Waals surface area contributed by atoms with Crippen molar-refractivity contribution in [3.63, 3.8) is 0 Å². The minimum atomic E-state index is -0.611. The summed E-state index contributed by atoms with van der Waals surface area (Å²) in [6.07, 6.45) is 11.5. The van der Waals surface area contributed by atoms with Crippen molar-refractivity contribution in [2.45, 2.75) is 43.8 Å². The Balaban J connectivity index is 1.46. The molecule has 7 heteroatoms. The number of benzene rings is 2. The molecule has 1 saturated heterocycles. The number of ether oxygens (including phenoxy) is 1. The van der Waals surface area contributed by atoms with Crippen molar-refractivity contribution in [2.24, 2.45) is 5.10 Å². The summed E-state index contributed by atoms with van der Waals surface area (Å²) in [7, 11) is 1.63. The number of methoxy groups -OCH3 is 1. The first-order valence-electron chi connectivity index (χ1n) is 11.8. The fourth-order valence-electron chi connectivity index (χ4n) is 4.94. The van der Waals surface area contributed by atoms with Crippen LogP contribution in [0.5, 0.6) is 5.75 Å². The lowest BCUT2D eigenvalue weighted by molar-refractivity contribution is -0.134. The Morgan fingerprint density at radius 3 is 2.82 bits per heavy atom. The van der Waals surface area contributed by atoms with Crippen LogP contribution in [0.3, 0.4) is 0 Å². The minimum Gasteiger partial charge on any atom is -0.497 e. The molecule has 0 radical (unpaired) electrons. The number of nitrogens with one attached hydrogen (secondary N) is 1. The van der Waals surface area contributed by atoms with E-state index in [2.05, 4.69) is 11.4 Å². The zero-order valence-corrected chi connectivity index (χ0v) is 19.2. The molecule has 1 N–H and O–H groups in total. The Morgan fingerprint density at radius 2 is 2.03 bits per heavy atom. The van der Waals surface area contributed by atoms with E-state index in [9.17, 15) is 9.18 Å². The van der Waals surface area contributed by atoms with Gasteiger partial charge in [0.1, 0.15) is 17.6 Å². The highest BCUT2D eigenvalue weighted by atomic mass is 19.1. The van der Waals surface area contributed by atoms with Gasteiger partial charge in [-0.25, -0.2) is 4.39 Å². The second-order valence-corrected chi connectivity index (χ2v) is 8.87. The van der Waals surface area contributed by atoms with Gasteiger partial charge in [0.05, 0.1) is 24.9 Å². The fourth-order valence-corrected chi connectivity index (χ4v) is 4.94. The van der Waals surface area contributed by atoms with Crippen LogP contribution >= 0.6 is 0 Å². The van der Waals surface area contributed by atoms with Crippen molar-refractivity contribution in [3.05, 3.63) is 84.3 Å². The number of hydrogen-bond acceptors (Lipinski definition) is 5. The van der Waals surface area contributed by atoms with Gasteiger partial charge in [-0.1, -0.05) is 30.4 Å². The molecule has 176 valence electrons. The number of carbonyl (C=O) groups excluding carboxylic acids is 1. The van der Waals surface area contributed by atoms with Crippen LogP contribution in [-0.4, -0.2) is 47.3 Å². The smallest absolute Gasteiger partial charge is 0.251 e. The molecule has 0 aromatic heterocycles. The standard InChI is InChI=1S/C27H29FN4O2/c1-34-23-9-6-7-21(17-23)29-26(24-18-22-8-2-5-16-32(22)30-24)27(33)31-15-4-3-10-25(31)19-11-13-20(28)14-12-19/h2,5-9,11-14,16-17,22,25-26,29H,3-4,10,15,18H2,1H3. The van der Waals surface area contributed by atoms with Crippen LogP contribution in [0.25, 0.3) is 0 Å². The highest BCUT2D eigenvalue weighted by Crippen LogP contribution is 2.33. The Bertz CT molecular complexity index is 1130. The molecule has 0 saturated carbocycles. The molecule has 3 atom stereocenters. The highest BCUT2D eigenvalue weighted by molar-refractivity contribution is 6.11. The third-order valence-corrected chi connectivity index (χ3v) is 6.69. The van der Waals surface area contributed by atoms with E-state index in [-0.39, 0.29) is 23.8 Å². The highest BCUT2D eigenvalue weighted by Gasteiger charge is 2.38. The first-order valence-corrected chi connectivity index (χ1v) is 11.8. The van der Waals surface area contributed by atoms with Crippen LogP contribution < -0.4 is 10.1 Å². The van der Waals surface area contributed by atoms with Crippen LogP contribution in [0.15, 0.2) is 78.1 Å². The maximum atomic E-state index is 14.1. The van der Waals surface area contributed by atoms with Gasteiger partial charge in [-0.3, -0.25) is 9.80 Å². The largest absolute Gasteiger partial charge is 0.497 e. The number of hydrogen-bond donors (Lipinski definition) is 1. The van der Waals surface area contributed by atoms with Crippen LogP contribution in [-0.2, 0) is 4.79 Å². The van der Waals surface area contributed by atoms with Crippen LogP contribution in [0.2, 0.25) is 0 Å². The van der Waals surface area contributed by atoms with Gasteiger partial charge in [0.25, 0.3) is 5.91 Å². The molecule has 3 aliphatic rings. The normalized spacial score (nSPS) is 22.2. The zero-order valence-electron chi connectivity index (χ0n) is 19.2. The van der Waals surface area contributed by atoms with Gasteiger partial charge in [-0.2, -0.15) is 5.10 Å². The summed E-state index contributed by atoms with van der Waals surface area (Å²) >= 11 is 0. The van der Waals surface area contributed by atoms with Crippen LogP contribution in [0.1, 0.15) is 37.3 Å². The Morgan fingerprint density at radius 1 is 1.18 bits per heavy atom. The number of likely N-dealkylation sites (tertiary alicyclic amines) is 1. The van der Waals surface area contributed by atoms with E-state index in [1.807, 2.05) is 52.5 Å². The molecule has 3 aliphatic heterocycles. The van der Waals surface area contributed by atoms with Gasteiger partial charge >= 0.3 is 0 Å². The summed E-state index contributed by atoms with van der Waals surface area (Å²) in [5, 5.41) is 10.2. The van der Waals surface area contributed by atoms with E-state index >= 15 is 0 Å². The van der Waals surface area contributed by atoms with E-state index < -0.39 is 6.04 Å². The predicted molar refractivity (Wildman–Crippen MR) is 131 cm³/mol. The van der Waals surface area contributed by atoms with Gasteiger partial charge in [0.15, 0.2) is 0 Å².